The lowest BCUT2D eigenvalue weighted by Crippen LogP contribution is -2.39. The van der Waals surface area contributed by atoms with Gasteiger partial charge in [-0.2, -0.15) is 0 Å². The van der Waals surface area contributed by atoms with E-state index >= 15 is 0 Å². The molecule has 1 aliphatic heterocycles. The van der Waals surface area contributed by atoms with Crippen molar-refractivity contribution in [1.82, 2.24) is 5.32 Å². The summed E-state index contributed by atoms with van der Waals surface area (Å²) in [5, 5.41) is 12.7. The zero-order valence-electron chi connectivity index (χ0n) is 13.8. The summed E-state index contributed by atoms with van der Waals surface area (Å²) in [7, 11) is 0. The van der Waals surface area contributed by atoms with E-state index in [4.69, 9.17) is 4.74 Å². The molecule has 0 saturated heterocycles. The fourth-order valence-electron chi connectivity index (χ4n) is 3.14. The quantitative estimate of drug-likeness (QED) is 0.858. The molecule has 4 nitrogen and oxygen atoms in total. The van der Waals surface area contributed by atoms with Gasteiger partial charge in [0.2, 0.25) is 0 Å². The van der Waals surface area contributed by atoms with Crippen molar-refractivity contribution >= 4 is 5.91 Å². The Bertz CT molecular complexity index is 659. The Morgan fingerprint density at radius 3 is 2.62 bits per heavy atom. The van der Waals surface area contributed by atoms with Gasteiger partial charge in [-0.15, -0.1) is 0 Å². The third kappa shape index (κ3) is 3.95. The van der Waals surface area contributed by atoms with Crippen LogP contribution in [0.25, 0.3) is 0 Å². The van der Waals surface area contributed by atoms with Crippen LogP contribution in [-0.2, 0) is 11.2 Å². The Balaban J connectivity index is 1.60. The molecule has 3 atom stereocenters. The number of aliphatic hydroxyl groups excluding tert-OH is 1. The van der Waals surface area contributed by atoms with Crippen LogP contribution in [0.2, 0.25) is 0 Å². The van der Waals surface area contributed by atoms with Crippen molar-refractivity contribution in [3.63, 3.8) is 0 Å². The molecule has 0 fully saturated rings. The monoisotopic (exact) mass is 325 g/mol. The first kappa shape index (κ1) is 16.5. The number of fused-ring (bicyclic) bond motifs is 1. The lowest BCUT2D eigenvalue weighted by atomic mass is 9.93. The summed E-state index contributed by atoms with van der Waals surface area (Å²) in [5.41, 5.74) is 2.19. The van der Waals surface area contributed by atoms with Gasteiger partial charge in [-0.1, -0.05) is 48.5 Å². The molecule has 3 unspecified atom stereocenters. The maximum atomic E-state index is 12.4. The molecule has 4 heteroatoms. The second-order valence-electron chi connectivity index (χ2n) is 6.36. The van der Waals surface area contributed by atoms with E-state index < -0.39 is 12.2 Å². The van der Waals surface area contributed by atoms with Gasteiger partial charge in [-0.3, -0.25) is 4.79 Å². The predicted octanol–water partition coefficient (Wildman–Crippen LogP) is 2.66. The molecule has 0 aromatic heterocycles. The highest BCUT2D eigenvalue weighted by Gasteiger charge is 2.29. The lowest BCUT2D eigenvalue weighted by Gasteiger charge is -2.20. The fraction of sp³-hybridized carbons (Fsp3) is 0.350. The number of para-hydroxylation sites is 1. The van der Waals surface area contributed by atoms with Gasteiger partial charge >= 0.3 is 0 Å². The van der Waals surface area contributed by atoms with Crippen LogP contribution in [0.3, 0.4) is 0 Å². The summed E-state index contributed by atoms with van der Waals surface area (Å²) in [5.74, 6) is 0.776. The van der Waals surface area contributed by atoms with Crippen LogP contribution >= 0.6 is 0 Å². The highest BCUT2D eigenvalue weighted by molar-refractivity contribution is 5.82. The molecule has 0 bridgehead atoms. The Labute approximate surface area is 142 Å². The van der Waals surface area contributed by atoms with Gasteiger partial charge in [-0.25, -0.2) is 0 Å². The molecule has 1 heterocycles. The van der Waals surface area contributed by atoms with E-state index in [1.165, 1.54) is 0 Å². The average Bonchev–Trinajstić information content (AvgIpc) is 3.03. The van der Waals surface area contributed by atoms with E-state index in [2.05, 4.69) is 5.32 Å². The summed E-state index contributed by atoms with van der Waals surface area (Å²) in [6, 6.07) is 17.7. The molecule has 126 valence electrons. The summed E-state index contributed by atoms with van der Waals surface area (Å²) in [4.78, 5) is 12.4. The number of benzene rings is 2. The van der Waals surface area contributed by atoms with Crippen molar-refractivity contribution in [3.8, 4) is 5.75 Å². The molecule has 0 saturated carbocycles. The third-order valence-corrected chi connectivity index (χ3v) is 4.36. The topological polar surface area (TPSA) is 58.6 Å². The highest BCUT2D eigenvalue weighted by atomic mass is 16.5. The van der Waals surface area contributed by atoms with E-state index in [1.807, 2.05) is 54.6 Å². The second-order valence-corrected chi connectivity index (χ2v) is 6.36. The molecular formula is C20H23NO3. The molecule has 0 aliphatic carbocycles. The average molecular weight is 325 g/mol. The molecule has 3 rings (SSSR count). The van der Waals surface area contributed by atoms with E-state index in [0.717, 1.165) is 16.9 Å². The number of ether oxygens (including phenoxy) is 1. The number of hydrogen-bond acceptors (Lipinski definition) is 3. The minimum Gasteiger partial charge on any atom is -0.480 e. The van der Waals surface area contributed by atoms with Crippen LogP contribution in [0.1, 0.15) is 30.4 Å². The number of carbonyl (C=O) groups excluding carboxylic acids is 1. The van der Waals surface area contributed by atoms with E-state index in [9.17, 15) is 9.90 Å². The standard InChI is InChI=1S/C20H23NO3/c1-14(22)11-17(15-7-3-2-4-8-15)13-21-20(23)19-12-16-9-5-6-10-18(16)24-19/h2-10,14,17,19,22H,11-13H2,1H3,(H,21,23). The van der Waals surface area contributed by atoms with Crippen LogP contribution in [-0.4, -0.2) is 29.8 Å². The molecule has 0 radical (unpaired) electrons. The van der Waals surface area contributed by atoms with Crippen molar-refractivity contribution in [2.24, 2.45) is 0 Å². The Kier molecular flexibility index (Phi) is 5.16. The van der Waals surface area contributed by atoms with Crippen LogP contribution in [0.15, 0.2) is 54.6 Å². The maximum Gasteiger partial charge on any atom is 0.261 e. The molecule has 0 spiro atoms. The van der Waals surface area contributed by atoms with Crippen LogP contribution in [0.4, 0.5) is 0 Å². The van der Waals surface area contributed by atoms with Crippen molar-refractivity contribution in [3.05, 3.63) is 65.7 Å². The third-order valence-electron chi connectivity index (χ3n) is 4.36. The molecular weight excluding hydrogens is 302 g/mol. The van der Waals surface area contributed by atoms with Gasteiger partial charge < -0.3 is 15.2 Å². The Morgan fingerprint density at radius 2 is 1.92 bits per heavy atom. The Morgan fingerprint density at radius 1 is 1.21 bits per heavy atom. The van der Waals surface area contributed by atoms with E-state index in [0.29, 0.717) is 19.4 Å². The van der Waals surface area contributed by atoms with Crippen LogP contribution in [0, 0.1) is 0 Å². The minimum absolute atomic E-state index is 0.0823. The largest absolute Gasteiger partial charge is 0.480 e. The van der Waals surface area contributed by atoms with Crippen molar-refractivity contribution < 1.29 is 14.6 Å². The molecule has 2 aromatic carbocycles. The van der Waals surface area contributed by atoms with Gasteiger partial charge in [-0.05, 0) is 30.5 Å². The molecule has 2 aromatic rings. The SMILES string of the molecule is CC(O)CC(CNC(=O)C1Cc2ccccc2O1)c1ccccc1. The first-order chi connectivity index (χ1) is 11.6. The van der Waals surface area contributed by atoms with Crippen LogP contribution in [0.5, 0.6) is 5.75 Å². The fourth-order valence-corrected chi connectivity index (χ4v) is 3.14. The number of amides is 1. The van der Waals surface area contributed by atoms with Gasteiger partial charge in [0.1, 0.15) is 5.75 Å². The smallest absolute Gasteiger partial charge is 0.261 e. The lowest BCUT2D eigenvalue weighted by molar-refractivity contribution is -0.127. The number of nitrogens with one attached hydrogen (secondary N) is 1. The summed E-state index contributed by atoms with van der Waals surface area (Å²) in [6.07, 6.45) is 0.328. The number of aliphatic hydroxyl groups is 1. The molecule has 24 heavy (non-hydrogen) atoms. The first-order valence-corrected chi connectivity index (χ1v) is 8.38. The van der Waals surface area contributed by atoms with Crippen molar-refractivity contribution in [1.29, 1.82) is 0 Å². The van der Waals surface area contributed by atoms with Gasteiger partial charge in [0.25, 0.3) is 5.91 Å². The number of carbonyl (C=O) groups is 1. The summed E-state index contributed by atoms with van der Waals surface area (Å²) >= 11 is 0. The maximum absolute atomic E-state index is 12.4. The Hall–Kier alpha value is -2.33. The molecule has 2 N–H and O–H groups in total. The highest BCUT2D eigenvalue weighted by Crippen LogP contribution is 2.28. The van der Waals surface area contributed by atoms with Gasteiger partial charge in [0.05, 0.1) is 6.10 Å². The first-order valence-electron chi connectivity index (χ1n) is 8.38. The van der Waals surface area contributed by atoms with Crippen molar-refractivity contribution in [2.45, 2.75) is 37.9 Å². The van der Waals surface area contributed by atoms with Gasteiger partial charge in [0.15, 0.2) is 6.10 Å². The normalized spacial score (nSPS) is 18.3. The molecule has 1 aliphatic rings. The minimum atomic E-state index is -0.467. The second kappa shape index (κ2) is 7.49. The van der Waals surface area contributed by atoms with E-state index in [1.54, 1.807) is 6.92 Å². The zero-order chi connectivity index (χ0) is 16.9. The van der Waals surface area contributed by atoms with Crippen molar-refractivity contribution in [2.75, 3.05) is 6.54 Å². The van der Waals surface area contributed by atoms with Crippen LogP contribution < -0.4 is 10.1 Å². The zero-order valence-corrected chi connectivity index (χ0v) is 13.8. The van der Waals surface area contributed by atoms with Gasteiger partial charge in [0, 0.05) is 18.9 Å². The van der Waals surface area contributed by atoms with E-state index in [-0.39, 0.29) is 11.8 Å². The summed E-state index contributed by atoms with van der Waals surface area (Å²) in [6.45, 7) is 2.26. The predicted molar refractivity (Wildman–Crippen MR) is 93.1 cm³/mol. The summed E-state index contributed by atoms with van der Waals surface area (Å²) < 4.78 is 5.73. The molecule has 1 amide bonds. The number of rotatable bonds is 6. The number of hydrogen-bond donors (Lipinski definition) is 2.